The Balaban J connectivity index is 1.76. The lowest BCUT2D eigenvalue weighted by atomic mass is 9.97. The lowest BCUT2D eigenvalue weighted by Crippen LogP contribution is -2.41. The first kappa shape index (κ1) is 19.4. The summed E-state index contributed by atoms with van der Waals surface area (Å²) < 4.78 is 30.7. The van der Waals surface area contributed by atoms with Crippen molar-refractivity contribution in [3.63, 3.8) is 0 Å². The van der Waals surface area contributed by atoms with Gasteiger partial charge in [-0.05, 0) is 44.9 Å². The van der Waals surface area contributed by atoms with Crippen molar-refractivity contribution < 1.29 is 17.9 Å². The van der Waals surface area contributed by atoms with Crippen LogP contribution in [0.25, 0.3) is 0 Å². The van der Waals surface area contributed by atoms with Crippen molar-refractivity contribution in [2.75, 3.05) is 39.1 Å². The number of allylic oxidation sites excluding steroid dienone is 1. The highest BCUT2D eigenvalue weighted by Crippen LogP contribution is 2.20. The van der Waals surface area contributed by atoms with Crippen LogP contribution in [-0.4, -0.2) is 57.7 Å². The molecule has 2 aliphatic rings. The van der Waals surface area contributed by atoms with Gasteiger partial charge in [0.15, 0.2) is 0 Å². The van der Waals surface area contributed by atoms with Gasteiger partial charge < -0.3 is 10.1 Å². The molecule has 1 fully saturated rings. The van der Waals surface area contributed by atoms with Gasteiger partial charge >= 0.3 is 0 Å². The van der Waals surface area contributed by atoms with Crippen molar-refractivity contribution in [3.8, 4) is 0 Å². The van der Waals surface area contributed by atoms with Crippen LogP contribution in [0.15, 0.2) is 11.6 Å². The van der Waals surface area contributed by atoms with E-state index in [1.165, 1.54) is 29.0 Å². The van der Waals surface area contributed by atoms with Crippen LogP contribution in [-0.2, 0) is 19.6 Å². The summed E-state index contributed by atoms with van der Waals surface area (Å²) in [6.45, 7) is 2.45. The fourth-order valence-electron chi connectivity index (χ4n) is 3.25. The van der Waals surface area contributed by atoms with E-state index in [0.717, 1.165) is 32.1 Å². The largest absolute Gasteiger partial charge is 0.381 e. The van der Waals surface area contributed by atoms with E-state index in [2.05, 4.69) is 11.4 Å². The van der Waals surface area contributed by atoms with Crippen molar-refractivity contribution in [3.05, 3.63) is 11.6 Å². The maximum atomic E-state index is 12.1. The van der Waals surface area contributed by atoms with Crippen LogP contribution < -0.4 is 5.32 Å². The van der Waals surface area contributed by atoms with Crippen LogP contribution in [0.1, 0.15) is 44.9 Å². The van der Waals surface area contributed by atoms with E-state index >= 15 is 0 Å². The van der Waals surface area contributed by atoms with E-state index in [1.54, 1.807) is 0 Å². The second-order valence-electron chi connectivity index (χ2n) is 6.70. The van der Waals surface area contributed by atoms with Gasteiger partial charge in [0.2, 0.25) is 15.9 Å². The van der Waals surface area contributed by atoms with E-state index in [9.17, 15) is 13.2 Å². The quantitative estimate of drug-likeness (QED) is 0.670. The van der Waals surface area contributed by atoms with Crippen LogP contribution in [0.4, 0.5) is 0 Å². The first-order valence-electron chi connectivity index (χ1n) is 8.95. The second kappa shape index (κ2) is 9.53. The van der Waals surface area contributed by atoms with Gasteiger partial charge in [-0.15, -0.1) is 0 Å². The van der Waals surface area contributed by atoms with E-state index in [0.29, 0.717) is 32.8 Å². The number of rotatable bonds is 8. The molecule has 0 bridgehead atoms. The minimum absolute atomic E-state index is 0.00201. The molecule has 138 valence electrons. The van der Waals surface area contributed by atoms with Crippen molar-refractivity contribution in [2.45, 2.75) is 44.9 Å². The second-order valence-corrected chi connectivity index (χ2v) is 8.68. The van der Waals surface area contributed by atoms with E-state index in [1.807, 2.05) is 0 Å². The number of nitrogens with zero attached hydrogens (tertiary/aromatic N) is 1. The molecule has 1 saturated heterocycles. The monoisotopic (exact) mass is 358 g/mol. The van der Waals surface area contributed by atoms with Gasteiger partial charge in [-0.25, -0.2) is 12.7 Å². The molecule has 0 radical (unpaired) electrons. The maximum Gasteiger partial charge on any atom is 0.223 e. The van der Waals surface area contributed by atoms with Crippen LogP contribution in [0.5, 0.6) is 0 Å². The van der Waals surface area contributed by atoms with Crippen molar-refractivity contribution >= 4 is 15.9 Å². The number of amides is 1. The highest BCUT2D eigenvalue weighted by molar-refractivity contribution is 7.88. The third kappa shape index (κ3) is 6.53. The van der Waals surface area contributed by atoms with Gasteiger partial charge in [0.25, 0.3) is 0 Å². The smallest absolute Gasteiger partial charge is 0.223 e. The highest BCUT2D eigenvalue weighted by atomic mass is 32.2. The average molecular weight is 359 g/mol. The third-order valence-corrected chi connectivity index (χ3v) is 6.09. The Labute approximate surface area is 145 Å². The molecule has 1 aliphatic heterocycles. The number of nitrogens with one attached hydrogen (secondary N) is 1. The number of carbonyl (C=O) groups excluding carboxylic acids is 1. The zero-order valence-corrected chi connectivity index (χ0v) is 15.4. The summed E-state index contributed by atoms with van der Waals surface area (Å²) in [4.78, 5) is 12.1. The molecule has 0 atom stereocenters. The van der Waals surface area contributed by atoms with E-state index in [-0.39, 0.29) is 11.8 Å². The minimum atomic E-state index is -3.25. The van der Waals surface area contributed by atoms with Gasteiger partial charge in [0.1, 0.15) is 0 Å². The van der Waals surface area contributed by atoms with Gasteiger partial charge in [-0.1, -0.05) is 11.6 Å². The van der Waals surface area contributed by atoms with Crippen molar-refractivity contribution in [1.29, 1.82) is 0 Å². The summed E-state index contributed by atoms with van der Waals surface area (Å²) in [7, 11) is -3.25. The molecule has 7 heteroatoms. The molecular weight excluding hydrogens is 328 g/mol. The van der Waals surface area contributed by atoms with Crippen LogP contribution in [0.2, 0.25) is 0 Å². The minimum Gasteiger partial charge on any atom is -0.381 e. The Bertz CT molecular complexity index is 539. The maximum absolute atomic E-state index is 12.1. The summed E-state index contributed by atoms with van der Waals surface area (Å²) in [6, 6.07) is 0. The molecule has 1 heterocycles. The molecule has 1 aliphatic carbocycles. The Morgan fingerprint density at radius 1 is 1.29 bits per heavy atom. The zero-order chi connectivity index (χ0) is 17.4. The fourth-order valence-corrected chi connectivity index (χ4v) is 4.10. The molecule has 0 spiro atoms. The Hall–Kier alpha value is -0.920. The van der Waals surface area contributed by atoms with Crippen LogP contribution in [0.3, 0.4) is 0 Å². The van der Waals surface area contributed by atoms with E-state index in [4.69, 9.17) is 4.74 Å². The van der Waals surface area contributed by atoms with Gasteiger partial charge in [0, 0.05) is 38.8 Å². The summed E-state index contributed by atoms with van der Waals surface area (Å²) >= 11 is 0. The lowest BCUT2D eigenvalue weighted by Gasteiger charge is -2.24. The van der Waals surface area contributed by atoms with Gasteiger partial charge in [0.05, 0.1) is 6.26 Å². The number of carbonyl (C=O) groups is 1. The predicted molar refractivity (Wildman–Crippen MR) is 94.1 cm³/mol. The number of hydrogen-bond donors (Lipinski definition) is 1. The zero-order valence-electron chi connectivity index (χ0n) is 14.6. The van der Waals surface area contributed by atoms with Crippen LogP contribution >= 0.6 is 0 Å². The normalized spacial score (nSPS) is 20.0. The van der Waals surface area contributed by atoms with Crippen molar-refractivity contribution in [1.82, 2.24) is 9.62 Å². The molecule has 0 saturated carbocycles. The van der Waals surface area contributed by atoms with Crippen molar-refractivity contribution in [2.24, 2.45) is 5.92 Å². The molecule has 2 rings (SSSR count). The predicted octanol–water partition coefficient (Wildman–Crippen LogP) is 1.68. The Morgan fingerprint density at radius 3 is 2.67 bits per heavy atom. The SMILES string of the molecule is CS(=O)(=O)N(CCNC(=O)C1CCOCC1)CCC1=CCCCC1. The summed E-state index contributed by atoms with van der Waals surface area (Å²) in [5.74, 6) is 0.0135. The Morgan fingerprint density at radius 2 is 2.04 bits per heavy atom. The first-order valence-corrected chi connectivity index (χ1v) is 10.8. The first-order chi connectivity index (χ1) is 11.5. The topological polar surface area (TPSA) is 75.7 Å². The molecule has 0 aromatic rings. The van der Waals surface area contributed by atoms with Crippen LogP contribution in [0, 0.1) is 5.92 Å². The summed E-state index contributed by atoms with van der Waals surface area (Å²) in [5, 5.41) is 2.88. The molecular formula is C17H30N2O4S. The fraction of sp³-hybridized carbons (Fsp3) is 0.824. The Kier molecular flexibility index (Phi) is 7.71. The number of hydrogen-bond acceptors (Lipinski definition) is 4. The average Bonchev–Trinajstić information content (AvgIpc) is 2.58. The molecule has 6 nitrogen and oxygen atoms in total. The molecule has 0 unspecified atom stereocenters. The molecule has 24 heavy (non-hydrogen) atoms. The number of ether oxygens (including phenoxy) is 1. The van der Waals surface area contributed by atoms with Gasteiger partial charge in [-0.2, -0.15) is 0 Å². The molecule has 0 aromatic heterocycles. The highest BCUT2D eigenvalue weighted by Gasteiger charge is 2.22. The standard InChI is InChI=1S/C17H30N2O4S/c1-24(21,22)19(11-7-15-5-3-2-4-6-15)12-10-18-17(20)16-8-13-23-14-9-16/h5,16H,2-4,6-14H2,1H3,(H,18,20). The number of sulfonamides is 1. The van der Waals surface area contributed by atoms with Gasteiger partial charge in [-0.3, -0.25) is 4.79 Å². The lowest BCUT2D eigenvalue weighted by molar-refractivity contribution is -0.127. The molecule has 0 aromatic carbocycles. The molecule has 1 N–H and O–H groups in total. The summed E-state index contributed by atoms with van der Waals surface area (Å²) in [6.07, 6.45) is 10.4. The third-order valence-electron chi connectivity index (χ3n) is 4.79. The molecule has 1 amide bonds. The summed E-state index contributed by atoms with van der Waals surface area (Å²) in [5.41, 5.74) is 1.36. The van der Waals surface area contributed by atoms with E-state index < -0.39 is 10.0 Å².